The minimum absolute atomic E-state index is 0.297. The average Bonchev–Trinajstić information content (AvgIpc) is 2.01. The van der Waals surface area contributed by atoms with E-state index in [2.05, 4.69) is 0 Å². The molecule has 4 nitrogen and oxygen atoms in total. The monoisotopic (exact) mass is 176 g/mol. The van der Waals surface area contributed by atoms with Crippen LogP contribution in [0.15, 0.2) is 0 Å². The Hall–Kier alpha value is -0.160. The smallest absolute Gasteiger partial charge is 0.117 e. The van der Waals surface area contributed by atoms with Crippen molar-refractivity contribution in [3.63, 3.8) is 0 Å². The van der Waals surface area contributed by atoms with Crippen molar-refractivity contribution in [2.45, 2.75) is 31.2 Å². The second kappa shape index (κ2) is 3.70. The highest BCUT2D eigenvalue weighted by Gasteiger charge is 2.41. The molecule has 0 saturated carbocycles. The van der Waals surface area contributed by atoms with Crippen LogP contribution in [0.25, 0.3) is 0 Å². The van der Waals surface area contributed by atoms with Gasteiger partial charge in [-0.15, -0.1) is 0 Å². The lowest BCUT2D eigenvalue weighted by atomic mass is 9.91. The van der Waals surface area contributed by atoms with Crippen LogP contribution >= 0.6 is 0 Å². The summed E-state index contributed by atoms with van der Waals surface area (Å²) in [6.07, 6.45) is -1.06. The van der Waals surface area contributed by atoms with Crippen LogP contribution in [0.1, 0.15) is 13.3 Å². The predicted molar refractivity (Wildman–Crippen MR) is 42.9 cm³/mol. The van der Waals surface area contributed by atoms with Crippen LogP contribution in [-0.2, 0) is 9.47 Å². The first-order chi connectivity index (χ1) is 5.60. The Kier molecular flexibility index (Phi) is 3.06. The van der Waals surface area contributed by atoms with Crippen molar-refractivity contribution >= 4 is 0 Å². The van der Waals surface area contributed by atoms with Crippen molar-refractivity contribution in [2.24, 2.45) is 0 Å². The van der Waals surface area contributed by atoms with Crippen LogP contribution in [0.4, 0.5) is 0 Å². The van der Waals surface area contributed by atoms with Crippen molar-refractivity contribution < 1.29 is 19.7 Å². The van der Waals surface area contributed by atoms with Crippen LogP contribution in [0.2, 0.25) is 0 Å². The van der Waals surface area contributed by atoms with Crippen LogP contribution in [0, 0.1) is 0 Å². The van der Waals surface area contributed by atoms with E-state index in [-0.39, 0.29) is 0 Å². The molecule has 0 radical (unpaired) electrons. The van der Waals surface area contributed by atoms with Gasteiger partial charge in [-0.2, -0.15) is 0 Å². The number of hydrogen-bond acceptors (Lipinski definition) is 4. The van der Waals surface area contributed by atoms with Crippen LogP contribution < -0.4 is 0 Å². The standard InChI is InChI=1S/C8H16O4/c1-8(5-11-2)7(10)6(9)3-4-12-8/h6-7,9-10H,3-5H2,1-2H3/t6-,7-,8-/m1/s1. The molecule has 1 fully saturated rings. The highest BCUT2D eigenvalue weighted by atomic mass is 16.6. The molecule has 1 rings (SSSR count). The summed E-state index contributed by atoms with van der Waals surface area (Å²) in [4.78, 5) is 0. The molecular weight excluding hydrogens is 160 g/mol. The summed E-state index contributed by atoms with van der Waals surface area (Å²) in [5.74, 6) is 0. The van der Waals surface area contributed by atoms with Crippen molar-refractivity contribution in [1.82, 2.24) is 0 Å². The maximum atomic E-state index is 9.57. The van der Waals surface area contributed by atoms with Gasteiger partial charge in [-0.05, 0) is 13.3 Å². The third-order valence-corrected chi connectivity index (χ3v) is 2.27. The van der Waals surface area contributed by atoms with E-state index < -0.39 is 17.8 Å². The number of aliphatic hydroxyl groups excluding tert-OH is 2. The first-order valence-corrected chi connectivity index (χ1v) is 4.09. The van der Waals surface area contributed by atoms with Gasteiger partial charge in [0.1, 0.15) is 11.7 Å². The van der Waals surface area contributed by atoms with E-state index in [1.54, 1.807) is 14.0 Å². The van der Waals surface area contributed by atoms with Gasteiger partial charge in [-0.1, -0.05) is 0 Å². The zero-order valence-electron chi connectivity index (χ0n) is 7.49. The molecule has 72 valence electrons. The van der Waals surface area contributed by atoms with Gasteiger partial charge in [-0.3, -0.25) is 0 Å². The highest BCUT2D eigenvalue weighted by molar-refractivity contribution is 4.91. The van der Waals surface area contributed by atoms with E-state index in [4.69, 9.17) is 9.47 Å². The summed E-state index contributed by atoms with van der Waals surface area (Å²) in [6.45, 7) is 2.51. The first kappa shape index (κ1) is 9.92. The predicted octanol–water partition coefficient (Wildman–Crippen LogP) is -0.466. The maximum absolute atomic E-state index is 9.57. The summed E-state index contributed by atoms with van der Waals surface area (Å²) in [7, 11) is 1.54. The quantitative estimate of drug-likeness (QED) is 0.597. The molecule has 0 aliphatic carbocycles. The Labute approximate surface area is 72.1 Å². The largest absolute Gasteiger partial charge is 0.390 e. The lowest BCUT2D eigenvalue weighted by molar-refractivity contribution is -0.206. The molecule has 0 spiro atoms. The number of hydrogen-bond donors (Lipinski definition) is 2. The molecule has 3 atom stereocenters. The van der Waals surface area contributed by atoms with Crippen molar-refractivity contribution in [1.29, 1.82) is 0 Å². The Bertz CT molecular complexity index is 146. The molecule has 0 unspecified atom stereocenters. The van der Waals surface area contributed by atoms with Gasteiger partial charge < -0.3 is 19.7 Å². The van der Waals surface area contributed by atoms with Gasteiger partial charge in [0, 0.05) is 7.11 Å². The second-order valence-electron chi connectivity index (χ2n) is 3.40. The highest BCUT2D eigenvalue weighted by Crippen LogP contribution is 2.25. The minimum atomic E-state index is -0.855. The summed E-state index contributed by atoms with van der Waals surface area (Å²) in [6, 6.07) is 0. The molecule has 0 aromatic rings. The van der Waals surface area contributed by atoms with Crippen molar-refractivity contribution in [3.8, 4) is 0 Å². The van der Waals surface area contributed by atoms with Crippen LogP contribution in [-0.4, -0.2) is 48.3 Å². The van der Waals surface area contributed by atoms with E-state index >= 15 is 0 Å². The van der Waals surface area contributed by atoms with Gasteiger partial charge in [0.15, 0.2) is 0 Å². The SMILES string of the molecule is COC[C@@]1(C)OCC[C@@H](O)[C@H]1O. The summed E-state index contributed by atoms with van der Waals surface area (Å²) < 4.78 is 10.3. The molecule has 0 aromatic carbocycles. The zero-order chi connectivity index (χ0) is 9.19. The number of ether oxygens (including phenoxy) is 2. The fraction of sp³-hybridized carbons (Fsp3) is 1.00. The lowest BCUT2D eigenvalue weighted by Crippen LogP contribution is -2.55. The summed E-state index contributed by atoms with van der Waals surface area (Å²) >= 11 is 0. The van der Waals surface area contributed by atoms with E-state index in [0.717, 1.165) is 0 Å². The third-order valence-electron chi connectivity index (χ3n) is 2.27. The summed E-state index contributed by atoms with van der Waals surface area (Å²) in [5, 5.41) is 18.9. The van der Waals surface area contributed by atoms with Crippen molar-refractivity contribution in [3.05, 3.63) is 0 Å². The fourth-order valence-corrected chi connectivity index (χ4v) is 1.48. The normalized spacial score (nSPS) is 43.0. The van der Waals surface area contributed by atoms with Crippen LogP contribution in [0.5, 0.6) is 0 Å². The molecule has 2 N–H and O–H groups in total. The average molecular weight is 176 g/mol. The molecule has 1 aliphatic heterocycles. The molecular formula is C8H16O4. The molecule has 0 bridgehead atoms. The third kappa shape index (κ3) is 1.77. The minimum Gasteiger partial charge on any atom is -0.390 e. The van der Waals surface area contributed by atoms with Gasteiger partial charge in [-0.25, -0.2) is 0 Å². The fourth-order valence-electron chi connectivity index (χ4n) is 1.48. The molecule has 0 aromatic heterocycles. The summed E-state index contributed by atoms with van der Waals surface area (Å²) in [5.41, 5.74) is -0.758. The van der Waals surface area contributed by atoms with Crippen molar-refractivity contribution in [2.75, 3.05) is 20.3 Å². The molecule has 1 aliphatic rings. The maximum Gasteiger partial charge on any atom is 0.117 e. The molecule has 4 heteroatoms. The van der Waals surface area contributed by atoms with E-state index in [1.165, 1.54) is 0 Å². The molecule has 1 saturated heterocycles. The van der Waals surface area contributed by atoms with E-state index in [0.29, 0.717) is 19.6 Å². The van der Waals surface area contributed by atoms with Gasteiger partial charge in [0.05, 0.1) is 19.3 Å². The Balaban J connectivity index is 2.60. The topological polar surface area (TPSA) is 58.9 Å². The van der Waals surface area contributed by atoms with E-state index in [9.17, 15) is 10.2 Å². The van der Waals surface area contributed by atoms with Crippen LogP contribution in [0.3, 0.4) is 0 Å². The number of methoxy groups -OCH3 is 1. The van der Waals surface area contributed by atoms with Gasteiger partial charge >= 0.3 is 0 Å². The Morgan fingerprint density at radius 2 is 2.25 bits per heavy atom. The van der Waals surface area contributed by atoms with Gasteiger partial charge in [0.25, 0.3) is 0 Å². The first-order valence-electron chi connectivity index (χ1n) is 4.09. The molecule has 1 heterocycles. The Morgan fingerprint density at radius 3 is 2.83 bits per heavy atom. The lowest BCUT2D eigenvalue weighted by Gasteiger charge is -2.40. The number of aliphatic hydroxyl groups is 2. The Morgan fingerprint density at radius 1 is 1.58 bits per heavy atom. The van der Waals surface area contributed by atoms with Gasteiger partial charge in [0.2, 0.25) is 0 Å². The zero-order valence-corrected chi connectivity index (χ0v) is 7.49. The van der Waals surface area contributed by atoms with E-state index in [1.807, 2.05) is 0 Å². The molecule has 12 heavy (non-hydrogen) atoms. The molecule has 0 amide bonds. The second-order valence-corrected chi connectivity index (χ2v) is 3.40. The number of rotatable bonds is 2.